The molecule has 0 radical (unpaired) electrons. The fourth-order valence-corrected chi connectivity index (χ4v) is 3.82. The van der Waals surface area contributed by atoms with Crippen molar-refractivity contribution in [2.75, 3.05) is 6.61 Å². The van der Waals surface area contributed by atoms with Crippen LogP contribution in [0.25, 0.3) is 10.9 Å². The highest BCUT2D eigenvalue weighted by atomic mass is 16.5. The van der Waals surface area contributed by atoms with Crippen molar-refractivity contribution in [1.29, 1.82) is 0 Å². The van der Waals surface area contributed by atoms with Gasteiger partial charge in [-0.15, -0.1) is 0 Å². The quantitative estimate of drug-likeness (QED) is 0.329. The Morgan fingerprint density at radius 3 is 2.53 bits per heavy atom. The van der Waals surface area contributed by atoms with Gasteiger partial charge in [-0.25, -0.2) is 5.43 Å². The first-order valence-corrected chi connectivity index (χ1v) is 10.7. The summed E-state index contributed by atoms with van der Waals surface area (Å²) in [5, 5.41) is 5.31. The number of carbonyl (C=O) groups excluding carboxylic acids is 1. The van der Waals surface area contributed by atoms with E-state index in [0.717, 1.165) is 39.8 Å². The van der Waals surface area contributed by atoms with Gasteiger partial charge < -0.3 is 9.30 Å². The molecule has 162 valence electrons. The number of carbonyl (C=O) groups is 1. The molecule has 3 aromatic carbocycles. The highest BCUT2D eigenvalue weighted by Crippen LogP contribution is 2.25. The standard InChI is InChI=1S/C27H27N3O2/c1-19-10-9-15-26(20(19)2)32-18-27(31)29-28-16-24-21(3)30(17-22-11-5-4-6-12-22)25-14-8-7-13-23(24)25/h4-16H,17-18H2,1-3H3,(H,29,31)/b28-16-. The predicted octanol–water partition coefficient (Wildman–Crippen LogP) is 5.14. The molecule has 1 N–H and O–H groups in total. The summed E-state index contributed by atoms with van der Waals surface area (Å²) < 4.78 is 7.93. The number of ether oxygens (including phenoxy) is 1. The van der Waals surface area contributed by atoms with E-state index >= 15 is 0 Å². The maximum Gasteiger partial charge on any atom is 0.277 e. The Kier molecular flexibility index (Phi) is 6.36. The lowest BCUT2D eigenvalue weighted by molar-refractivity contribution is -0.123. The van der Waals surface area contributed by atoms with Crippen molar-refractivity contribution in [3.63, 3.8) is 0 Å². The van der Waals surface area contributed by atoms with Gasteiger partial charge in [0.25, 0.3) is 5.91 Å². The minimum absolute atomic E-state index is 0.0869. The molecule has 0 bridgehead atoms. The normalized spacial score (nSPS) is 11.2. The van der Waals surface area contributed by atoms with Gasteiger partial charge in [0.2, 0.25) is 0 Å². The Morgan fingerprint density at radius 2 is 1.72 bits per heavy atom. The molecular formula is C27H27N3O2. The fourth-order valence-electron chi connectivity index (χ4n) is 3.82. The molecular weight excluding hydrogens is 398 g/mol. The zero-order chi connectivity index (χ0) is 22.5. The fraction of sp³-hybridized carbons (Fsp3) is 0.185. The monoisotopic (exact) mass is 425 g/mol. The number of para-hydroxylation sites is 1. The molecule has 1 amide bonds. The summed E-state index contributed by atoms with van der Waals surface area (Å²) in [6.45, 7) is 6.76. The van der Waals surface area contributed by atoms with E-state index in [0.29, 0.717) is 5.75 Å². The van der Waals surface area contributed by atoms with Crippen LogP contribution in [0.4, 0.5) is 0 Å². The van der Waals surface area contributed by atoms with Gasteiger partial charge in [-0.2, -0.15) is 5.10 Å². The first kappa shape index (κ1) is 21.4. The number of hydrogen-bond donors (Lipinski definition) is 1. The summed E-state index contributed by atoms with van der Waals surface area (Å²) in [6, 6.07) is 24.4. The summed E-state index contributed by atoms with van der Waals surface area (Å²) in [6.07, 6.45) is 1.72. The predicted molar refractivity (Wildman–Crippen MR) is 129 cm³/mol. The number of nitrogens with one attached hydrogen (secondary N) is 1. The largest absolute Gasteiger partial charge is 0.483 e. The molecule has 0 spiro atoms. The molecule has 0 aliphatic carbocycles. The summed E-state index contributed by atoms with van der Waals surface area (Å²) in [7, 11) is 0. The van der Waals surface area contributed by atoms with Gasteiger partial charge in [-0.1, -0.05) is 60.7 Å². The minimum atomic E-state index is -0.298. The molecule has 1 aromatic heterocycles. The van der Waals surface area contributed by atoms with Crippen molar-refractivity contribution in [2.24, 2.45) is 5.10 Å². The van der Waals surface area contributed by atoms with Crippen molar-refractivity contribution < 1.29 is 9.53 Å². The van der Waals surface area contributed by atoms with Crippen LogP contribution in [-0.2, 0) is 11.3 Å². The lowest BCUT2D eigenvalue weighted by Gasteiger charge is -2.09. The topological polar surface area (TPSA) is 55.6 Å². The highest BCUT2D eigenvalue weighted by Gasteiger charge is 2.13. The Balaban J connectivity index is 1.48. The van der Waals surface area contributed by atoms with E-state index in [1.807, 2.05) is 50.2 Å². The first-order chi connectivity index (χ1) is 15.5. The third-order valence-corrected chi connectivity index (χ3v) is 5.76. The van der Waals surface area contributed by atoms with Crippen LogP contribution in [0.15, 0.2) is 77.9 Å². The van der Waals surface area contributed by atoms with Crippen molar-refractivity contribution in [3.8, 4) is 5.75 Å². The van der Waals surface area contributed by atoms with Gasteiger partial charge in [0.15, 0.2) is 6.61 Å². The number of benzene rings is 3. The highest BCUT2D eigenvalue weighted by molar-refractivity contribution is 6.01. The number of aryl methyl sites for hydroxylation is 1. The average molecular weight is 426 g/mol. The molecule has 0 fully saturated rings. The molecule has 1 heterocycles. The van der Waals surface area contributed by atoms with Crippen LogP contribution in [-0.4, -0.2) is 23.3 Å². The maximum absolute atomic E-state index is 12.2. The van der Waals surface area contributed by atoms with E-state index in [1.165, 1.54) is 5.56 Å². The van der Waals surface area contributed by atoms with Crippen LogP contribution >= 0.6 is 0 Å². The second kappa shape index (κ2) is 9.52. The van der Waals surface area contributed by atoms with Crippen LogP contribution in [0.2, 0.25) is 0 Å². The van der Waals surface area contributed by atoms with Gasteiger partial charge in [0.1, 0.15) is 5.75 Å². The zero-order valence-electron chi connectivity index (χ0n) is 18.6. The third-order valence-electron chi connectivity index (χ3n) is 5.76. The molecule has 32 heavy (non-hydrogen) atoms. The number of amides is 1. The molecule has 0 unspecified atom stereocenters. The van der Waals surface area contributed by atoms with Gasteiger partial charge >= 0.3 is 0 Å². The first-order valence-electron chi connectivity index (χ1n) is 10.7. The molecule has 0 aliphatic rings. The third kappa shape index (κ3) is 4.57. The van der Waals surface area contributed by atoms with E-state index in [2.05, 4.69) is 58.4 Å². The summed E-state index contributed by atoms with van der Waals surface area (Å²) in [4.78, 5) is 12.2. The van der Waals surface area contributed by atoms with E-state index < -0.39 is 0 Å². The van der Waals surface area contributed by atoms with E-state index in [-0.39, 0.29) is 12.5 Å². The molecule has 4 aromatic rings. The van der Waals surface area contributed by atoms with Crippen molar-refractivity contribution >= 4 is 23.0 Å². The lowest BCUT2D eigenvalue weighted by atomic mass is 10.1. The number of hydrazone groups is 1. The minimum Gasteiger partial charge on any atom is -0.483 e. The summed E-state index contributed by atoms with van der Waals surface area (Å²) in [5.74, 6) is 0.414. The molecule has 4 rings (SSSR count). The number of aromatic nitrogens is 1. The molecule has 0 saturated heterocycles. The Hall–Kier alpha value is -3.86. The van der Waals surface area contributed by atoms with Crippen LogP contribution in [0.3, 0.4) is 0 Å². The van der Waals surface area contributed by atoms with Gasteiger partial charge in [0.05, 0.1) is 6.21 Å². The second-order valence-electron chi connectivity index (χ2n) is 7.87. The van der Waals surface area contributed by atoms with E-state index in [9.17, 15) is 4.79 Å². The average Bonchev–Trinajstić information content (AvgIpc) is 3.07. The Labute approximate surface area is 188 Å². The number of nitrogens with zero attached hydrogens (tertiary/aromatic N) is 2. The Bertz CT molecular complexity index is 1270. The maximum atomic E-state index is 12.2. The summed E-state index contributed by atoms with van der Waals surface area (Å²) in [5.41, 5.74) is 9.21. The molecule has 5 nitrogen and oxygen atoms in total. The van der Waals surface area contributed by atoms with E-state index in [4.69, 9.17) is 4.74 Å². The van der Waals surface area contributed by atoms with Crippen LogP contribution in [0, 0.1) is 20.8 Å². The van der Waals surface area contributed by atoms with E-state index in [1.54, 1.807) is 6.21 Å². The van der Waals surface area contributed by atoms with Crippen molar-refractivity contribution in [1.82, 2.24) is 9.99 Å². The number of fused-ring (bicyclic) bond motifs is 1. The van der Waals surface area contributed by atoms with Crippen LogP contribution in [0.5, 0.6) is 5.75 Å². The smallest absolute Gasteiger partial charge is 0.277 e. The van der Waals surface area contributed by atoms with Crippen molar-refractivity contribution in [2.45, 2.75) is 27.3 Å². The molecule has 0 aliphatic heterocycles. The van der Waals surface area contributed by atoms with Crippen LogP contribution in [0.1, 0.15) is 27.9 Å². The van der Waals surface area contributed by atoms with Crippen molar-refractivity contribution in [3.05, 3.63) is 101 Å². The molecule has 5 heteroatoms. The summed E-state index contributed by atoms with van der Waals surface area (Å²) >= 11 is 0. The van der Waals surface area contributed by atoms with Gasteiger partial charge in [-0.3, -0.25) is 4.79 Å². The van der Waals surface area contributed by atoms with Gasteiger partial charge in [0, 0.05) is 28.7 Å². The zero-order valence-corrected chi connectivity index (χ0v) is 18.6. The molecule has 0 saturated carbocycles. The SMILES string of the molecule is Cc1cccc(OCC(=O)N/N=C\c2c(C)n(Cc3ccccc3)c3ccccc23)c1C. The lowest BCUT2D eigenvalue weighted by Crippen LogP contribution is -2.24. The molecule has 0 atom stereocenters. The Morgan fingerprint density at radius 1 is 0.969 bits per heavy atom. The van der Waals surface area contributed by atoms with Crippen LogP contribution < -0.4 is 10.2 Å². The number of rotatable bonds is 7. The number of hydrogen-bond acceptors (Lipinski definition) is 3. The second-order valence-corrected chi connectivity index (χ2v) is 7.87. The van der Waals surface area contributed by atoms with Gasteiger partial charge in [-0.05, 0) is 49.6 Å².